The van der Waals surface area contributed by atoms with Crippen LogP contribution in [0.4, 0.5) is 0 Å². The van der Waals surface area contributed by atoms with E-state index in [1.54, 1.807) is 6.92 Å². The van der Waals surface area contributed by atoms with E-state index in [9.17, 15) is 9.90 Å². The first-order valence-electron chi connectivity index (χ1n) is 6.34. The van der Waals surface area contributed by atoms with Crippen molar-refractivity contribution in [3.63, 3.8) is 0 Å². The summed E-state index contributed by atoms with van der Waals surface area (Å²) >= 11 is 0. The van der Waals surface area contributed by atoms with E-state index in [0.717, 1.165) is 25.7 Å². The van der Waals surface area contributed by atoms with Gasteiger partial charge in [0, 0.05) is 6.42 Å². The fourth-order valence-electron chi connectivity index (χ4n) is 2.88. The maximum absolute atomic E-state index is 11.9. The fraction of sp³-hybridized carbons (Fsp3) is 0.917. The standard InChI is InChI=1S/C12H18O5/c1-7-6-10(13)12(14)11(15-7)16-8-4-2-3-5-9(8)17-12/h7-9,11,14H,2-6H2,1H3/t7-,8-,9-,11+,12+/m1/s1. The second-order valence-corrected chi connectivity index (χ2v) is 5.22. The maximum atomic E-state index is 11.9. The SMILES string of the molecule is C[C@@H]1CC(=O)[C@]2(O)O[C@@H]3CCCC[C@H]3O[C@@H]2O1. The average Bonchev–Trinajstić information content (AvgIpc) is 2.28. The molecule has 5 heteroatoms. The van der Waals surface area contributed by atoms with Gasteiger partial charge in [0.2, 0.25) is 6.29 Å². The van der Waals surface area contributed by atoms with Crippen molar-refractivity contribution >= 4 is 5.78 Å². The van der Waals surface area contributed by atoms with Gasteiger partial charge in [0.05, 0.1) is 18.3 Å². The molecule has 3 aliphatic rings. The summed E-state index contributed by atoms with van der Waals surface area (Å²) in [4.78, 5) is 11.9. The van der Waals surface area contributed by atoms with Gasteiger partial charge in [0.25, 0.3) is 5.79 Å². The molecule has 0 spiro atoms. The maximum Gasteiger partial charge on any atom is 0.279 e. The molecule has 2 aliphatic heterocycles. The van der Waals surface area contributed by atoms with Crippen LogP contribution in [0.15, 0.2) is 0 Å². The van der Waals surface area contributed by atoms with Crippen molar-refractivity contribution < 1.29 is 24.1 Å². The Bertz CT molecular complexity index is 331. The van der Waals surface area contributed by atoms with E-state index in [2.05, 4.69) is 0 Å². The lowest BCUT2D eigenvalue weighted by molar-refractivity contribution is -0.406. The summed E-state index contributed by atoms with van der Waals surface area (Å²) in [5.74, 6) is -2.21. The van der Waals surface area contributed by atoms with Crippen LogP contribution in [0.3, 0.4) is 0 Å². The van der Waals surface area contributed by atoms with Crippen LogP contribution in [0.2, 0.25) is 0 Å². The molecular weight excluding hydrogens is 224 g/mol. The molecule has 5 nitrogen and oxygen atoms in total. The minimum absolute atomic E-state index is 0.0490. The molecule has 96 valence electrons. The Morgan fingerprint density at radius 1 is 1.24 bits per heavy atom. The largest absolute Gasteiger partial charge is 0.356 e. The Morgan fingerprint density at radius 3 is 2.71 bits per heavy atom. The fourth-order valence-corrected chi connectivity index (χ4v) is 2.88. The Morgan fingerprint density at radius 2 is 1.94 bits per heavy atom. The van der Waals surface area contributed by atoms with Gasteiger partial charge in [-0.05, 0) is 19.8 Å². The molecule has 0 unspecified atom stereocenters. The lowest BCUT2D eigenvalue weighted by Crippen LogP contribution is -2.66. The number of fused-ring (bicyclic) bond motifs is 2. The van der Waals surface area contributed by atoms with Gasteiger partial charge in [-0.25, -0.2) is 0 Å². The molecule has 1 N–H and O–H groups in total. The van der Waals surface area contributed by atoms with Gasteiger partial charge in [-0.15, -0.1) is 0 Å². The Labute approximate surface area is 100 Å². The number of carbonyl (C=O) groups excluding carboxylic acids is 1. The number of Topliss-reactive ketones (excluding diaryl/α,β-unsaturated/α-hetero) is 1. The monoisotopic (exact) mass is 242 g/mol. The second kappa shape index (κ2) is 4.02. The molecule has 0 aromatic rings. The van der Waals surface area contributed by atoms with E-state index in [-0.39, 0.29) is 30.5 Å². The zero-order valence-electron chi connectivity index (χ0n) is 9.93. The van der Waals surface area contributed by atoms with E-state index < -0.39 is 12.1 Å². The average molecular weight is 242 g/mol. The minimum atomic E-state index is -1.88. The first-order valence-corrected chi connectivity index (χ1v) is 6.34. The Hall–Kier alpha value is -0.490. The highest BCUT2D eigenvalue weighted by Crippen LogP contribution is 2.39. The number of ether oxygens (including phenoxy) is 3. The zero-order valence-corrected chi connectivity index (χ0v) is 9.93. The van der Waals surface area contributed by atoms with Crippen LogP contribution in [0.25, 0.3) is 0 Å². The van der Waals surface area contributed by atoms with Crippen molar-refractivity contribution in [2.24, 2.45) is 0 Å². The molecule has 0 amide bonds. The van der Waals surface area contributed by atoms with Crippen LogP contribution in [-0.4, -0.2) is 41.3 Å². The predicted octanol–water partition coefficient (Wildman–Crippen LogP) is 0.737. The van der Waals surface area contributed by atoms with Gasteiger partial charge < -0.3 is 19.3 Å². The third-order valence-corrected chi connectivity index (χ3v) is 3.82. The quantitative estimate of drug-likeness (QED) is 0.678. The number of ketones is 1. The van der Waals surface area contributed by atoms with Crippen LogP contribution < -0.4 is 0 Å². The first-order chi connectivity index (χ1) is 8.09. The van der Waals surface area contributed by atoms with E-state index in [1.807, 2.05) is 0 Å². The highest BCUT2D eigenvalue weighted by Gasteiger charge is 2.57. The number of aliphatic hydroxyl groups is 1. The van der Waals surface area contributed by atoms with Gasteiger partial charge >= 0.3 is 0 Å². The van der Waals surface area contributed by atoms with Crippen LogP contribution in [0.5, 0.6) is 0 Å². The summed E-state index contributed by atoms with van der Waals surface area (Å²) in [6, 6.07) is 0. The minimum Gasteiger partial charge on any atom is -0.356 e. The van der Waals surface area contributed by atoms with E-state index in [0.29, 0.717) is 0 Å². The molecule has 17 heavy (non-hydrogen) atoms. The van der Waals surface area contributed by atoms with Crippen molar-refractivity contribution in [1.29, 1.82) is 0 Å². The second-order valence-electron chi connectivity index (χ2n) is 5.22. The Balaban J connectivity index is 1.83. The molecule has 0 aromatic heterocycles. The molecule has 5 atom stereocenters. The van der Waals surface area contributed by atoms with Gasteiger partial charge in [-0.3, -0.25) is 4.79 Å². The van der Waals surface area contributed by atoms with Gasteiger partial charge in [-0.1, -0.05) is 12.8 Å². The van der Waals surface area contributed by atoms with Crippen molar-refractivity contribution in [3.05, 3.63) is 0 Å². The van der Waals surface area contributed by atoms with Crippen molar-refractivity contribution in [3.8, 4) is 0 Å². The molecule has 2 saturated heterocycles. The predicted molar refractivity (Wildman–Crippen MR) is 57.1 cm³/mol. The number of carbonyl (C=O) groups is 1. The van der Waals surface area contributed by atoms with Crippen LogP contribution >= 0.6 is 0 Å². The van der Waals surface area contributed by atoms with E-state index in [1.165, 1.54) is 0 Å². The van der Waals surface area contributed by atoms with Crippen molar-refractivity contribution in [2.45, 2.75) is 69.4 Å². The molecule has 3 fully saturated rings. The summed E-state index contributed by atoms with van der Waals surface area (Å²) in [6.45, 7) is 1.80. The zero-order chi connectivity index (χ0) is 12.0. The number of hydrogen-bond acceptors (Lipinski definition) is 5. The summed E-state index contributed by atoms with van der Waals surface area (Å²) in [5, 5.41) is 10.3. The molecule has 0 aromatic carbocycles. The highest BCUT2D eigenvalue weighted by molar-refractivity contribution is 5.87. The summed E-state index contributed by atoms with van der Waals surface area (Å²) in [7, 11) is 0. The first kappa shape index (κ1) is 11.6. The molecule has 3 rings (SSSR count). The van der Waals surface area contributed by atoms with Gasteiger partial charge in [0.15, 0.2) is 5.78 Å². The van der Waals surface area contributed by atoms with Gasteiger partial charge in [0.1, 0.15) is 0 Å². The summed E-state index contributed by atoms with van der Waals surface area (Å²) in [5.41, 5.74) is 0. The molecule has 2 heterocycles. The van der Waals surface area contributed by atoms with Crippen molar-refractivity contribution in [1.82, 2.24) is 0 Å². The highest BCUT2D eigenvalue weighted by atomic mass is 16.8. The van der Waals surface area contributed by atoms with Crippen molar-refractivity contribution in [2.75, 3.05) is 0 Å². The third kappa shape index (κ3) is 1.81. The van der Waals surface area contributed by atoms with Crippen LogP contribution in [0.1, 0.15) is 39.0 Å². The molecule has 1 aliphatic carbocycles. The van der Waals surface area contributed by atoms with Crippen LogP contribution in [-0.2, 0) is 19.0 Å². The molecule has 0 radical (unpaired) electrons. The lowest BCUT2D eigenvalue weighted by Gasteiger charge is -2.49. The molecule has 1 saturated carbocycles. The van der Waals surface area contributed by atoms with Crippen LogP contribution in [0, 0.1) is 0 Å². The molecular formula is C12H18O5. The Kier molecular flexibility index (Phi) is 2.74. The molecule has 0 bridgehead atoms. The smallest absolute Gasteiger partial charge is 0.279 e. The third-order valence-electron chi connectivity index (χ3n) is 3.82. The summed E-state index contributed by atoms with van der Waals surface area (Å²) < 4.78 is 16.8. The summed E-state index contributed by atoms with van der Waals surface area (Å²) in [6.07, 6.45) is 2.66. The van der Waals surface area contributed by atoms with E-state index >= 15 is 0 Å². The van der Waals surface area contributed by atoms with E-state index in [4.69, 9.17) is 14.2 Å². The normalized spacial score (nSPS) is 50.6. The lowest BCUT2D eigenvalue weighted by atomic mass is 9.91. The number of hydrogen-bond donors (Lipinski definition) is 1. The number of rotatable bonds is 0. The van der Waals surface area contributed by atoms with Gasteiger partial charge in [-0.2, -0.15) is 0 Å². The topological polar surface area (TPSA) is 65.0 Å².